The van der Waals surface area contributed by atoms with Gasteiger partial charge in [0.05, 0.1) is 0 Å². The number of rotatable bonds is 5. The van der Waals surface area contributed by atoms with Crippen molar-refractivity contribution in [2.45, 2.75) is 45.2 Å². The van der Waals surface area contributed by atoms with E-state index in [1.165, 1.54) is 4.88 Å². The maximum absolute atomic E-state index is 12.0. The minimum absolute atomic E-state index is 0.135. The number of piperidine rings is 1. The number of nitrogens with one attached hydrogen (secondary N) is 1. The molecule has 1 aromatic rings. The third-order valence-corrected chi connectivity index (χ3v) is 5.16. The van der Waals surface area contributed by atoms with Crippen LogP contribution in [-0.4, -0.2) is 49.1 Å². The quantitative estimate of drug-likeness (QED) is 0.899. The maximum atomic E-state index is 12.0. The Bertz CT molecular complexity index is 450. The molecule has 1 aromatic heterocycles. The molecule has 0 radical (unpaired) electrons. The van der Waals surface area contributed by atoms with E-state index in [0.29, 0.717) is 18.0 Å². The van der Waals surface area contributed by atoms with E-state index in [-0.39, 0.29) is 6.03 Å². The topological polar surface area (TPSA) is 35.6 Å². The monoisotopic (exact) mass is 323 g/mol. The normalized spacial score (nSPS) is 17.8. The zero-order chi connectivity index (χ0) is 16.1. The first-order valence-electron chi connectivity index (χ1n) is 8.23. The molecular weight excluding hydrogens is 294 g/mol. The van der Waals surface area contributed by atoms with Crippen molar-refractivity contribution in [2.75, 3.05) is 27.2 Å². The average molecular weight is 324 g/mol. The lowest BCUT2D eigenvalue weighted by molar-refractivity contribution is 0.150. The predicted octanol–water partition coefficient (Wildman–Crippen LogP) is 3.57. The van der Waals surface area contributed by atoms with Crippen LogP contribution in [0.4, 0.5) is 4.79 Å². The highest BCUT2D eigenvalue weighted by molar-refractivity contribution is 7.10. The van der Waals surface area contributed by atoms with Crippen LogP contribution >= 0.6 is 11.3 Å². The first-order valence-corrected chi connectivity index (χ1v) is 9.11. The molecular formula is C17H29N3OS. The van der Waals surface area contributed by atoms with Gasteiger partial charge in [-0.2, -0.15) is 0 Å². The van der Waals surface area contributed by atoms with Gasteiger partial charge >= 0.3 is 6.03 Å². The molecule has 1 atom stereocenters. The van der Waals surface area contributed by atoms with E-state index in [1.807, 2.05) is 30.3 Å². The van der Waals surface area contributed by atoms with Crippen molar-refractivity contribution in [3.8, 4) is 0 Å². The smallest absolute Gasteiger partial charge is 0.319 e. The molecule has 4 nitrogen and oxygen atoms in total. The predicted molar refractivity (Wildman–Crippen MR) is 93.3 cm³/mol. The largest absolute Gasteiger partial charge is 0.331 e. The maximum Gasteiger partial charge on any atom is 0.319 e. The molecule has 5 heteroatoms. The van der Waals surface area contributed by atoms with Gasteiger partial charge < -0.3 is 15.1 Å². The molecule has 2 heterocycles. The van der Waals surface area contributed by atoms with E-state index in [2.05, 4.69) is 36.7 Å². The summed E-state index contributed by atoms with van der Waals surface area (Å²) in [5.41, 5.74) is 0. The number of hydrogen-bond donors (Lipinski definition) is 1. The summed E-state index contributed by atoms with van der Waals surface area (Å²) in [6.07, 6.45) is 3.25. The molecule has 1 aliphatic heterocycles. The molecule has 22 heavy (non-hydrogen) atoms. The summed E-state index contributed by atoms with van der Waals surface area (Å²) >= 11 is 1.84. The first-order chi connectivity index (χ1) is 10.5. The van der Waals surface area contributed by atoms with Gasteiger partial charge in [-0.25, -0.2) is 4.79 Å². The summed E-state index contributed by atoms with van der Waals surface area (Å²) in [6.45, 7) is 6.27. The molecule has 124 valence electrons. The Morgan fingerprint density at radius 3 is 2.59 bits per heavy atom. The standard InChI is InChI=1S/C17H29N3OS/c1-13(2)12-15(16-6-5-11-22-16)18-14-7-9-20(10-8-14)17(21)19(3)4/h5-6,11,13-15,18H,7-10,12H2,1-4H3/t15-/m1/s1. The number of carbonyl (C=O) groups excluding carboxylic acids is 1. The Labute approximate surface area is 138 Å². The van der Waals surface area contributed by atoms with Crippen LogP contribution in [0.3, 0.4) is 0 Å². The summed E-state index contributed by atoms with van der Waals surface area (Å²) in [4.78, 5) is 17.0. The van der Waals surface area contributed by atoms with Gasteiger partial charge in [-0.3, -0.25) is 0 Å². The van der Waals surface area contributed by atoms with Gasteiger partial charge in [-0.05, 0) is 36.6 Å². The van der Waals surface area contributed by atoms with Crippen LogP contribution in [0.15, 0.2) is 17.5 Å². The van der Waals surface area contributed by atoms with Gasteiger partial charge in [0.25, 0.3) is 0 Å². The lowest BCUT2D eigenvalue weighted by Crippen LogP contribution is -2.48. The zero-order valence-corrected chi connectivity index (χ0v) is 15.0. The summed E-state index contributed by atoms with van der Waals surface area (Å²) in [5, 5.41) is 5.99. The number of likely N-dealkylation sites (tertiary alicyclic amines) is 1. The minimum Gasteiger partial charge on any atom is -0.331 e. The molecule has 0 bridgehead atoms. The van der Waals surface area contributed by atoms with Crippen molar-refractivity contribution in [3.05, 3.63) is 22.4 Å². The van der Waals surface area contributed by atoms with Crippen molar-refractivity contribution >= 4 is 17.4 Å². The SMILES string of the molecule is CC(C)C[C@@H](NC1CCN(C(=O)N(C)C)CC1)c1cccs1. The van der Waals surface area contributed by atoms with Gasteiger partial charge in [0.15, 0.2) is 0 Å². The second kappa shape index (κ2) is 7.97. The lowest BCUT2D eigenvalue weighted by Gasteiger charge is -2.36. The van der Waals surface area contributed by atoms with E-state index in [4.69, 9.17) is 0 Å². The summed E-state index contributed by atoms with van der Waals surface area (Å²) in [5.74, 6) is 0.676. The van der Waals surface area contributed by atoms with E-state index >= 15 is 0 Å². The molecule has 1 saturated heterocycles. The van der Waals surface area contributed by atoms with Crippen LogP contribution in [0.5, 0.6) is 0 Å². The van der Waals surface area contributed by atoms with Gasteiger partial charge in [0.2, 0.25) is 0 Å². The summed E-state index contributed by atoms with van der Waals surface area (Å²) in [6, 6.07) is 5.46. The average Bonchev–Trinajstić information content (AvgIpc) is 3.00. The number of nitrogens with zero attached hydrogens (tertiary/aromatic N) is 2. The van der Waals surface area contributed by atoms with Crippen LogP contribution in [-0.2, 0) is 0 Å². The van der Waals surface area contributed by atoms with Crippen LogP contribution < -0.4 is 5.32 Å². The Balaban J connectivity index is 1.89. The van der Waals surface area contributed by atoms with E-state index in [1.54, 1.807) is 4.90 Å². The molecule has 0 aliphatic carbocycles. The van der Waals surface area contributed by atoms with E-state index < -0.39 is 0 Å². The van der Waals surface area contributed by atoms with Gasteiger partial charge in [-0.15, -0.1) is 11.3 Å². The fourth-order valence-corrected chi connectivity index (χ4v) is 3.83. The second-order valence-corrected chi connectivity index (χ2v) is 7.78. The minimum atomic E-state index is 0.135. The highest BCUT2D eigenvalue weighted by Crippen LogP contribution is 2.27. The van der Waals surface area contributed by atoms with Crippen LogP contribution in [0, 0.1) is 5.92 Å². The number of hydrogen-bond acceptors (Lipinski definition) is 3. The summed E-state index contributed by atoms with van der Waals surface area (Å²) < 4.78 is 0. The molecule has 0 spiro atoms. The zero-order valence-electron chi connectivity index (χ0n) is 14.2. The fraction of sp³-hybridized carbons (Fsp3) is 0.706. The number of amides is 2. The molecule has 0 unspecified atom stereocenters. The highest BCUT2D eigenvalue weighted by Gasteiger charge is 2.26. The Hall–Kier alpha value is -1.07. The Morgan fingerprint density at radius 2 is 2.09 bits per heavy atom. The number of carbonyl (C=O) groups is 1. The fourth-order valence-electron chi connectivity index (χ4n) is 3.03. The Morgan fingerprint density at radius 1 is 1.41 bits per heavy atom. The van der Waals surface area contributed by atoms with Crippen molar-refractivity contribution in [2.24, 2.45) is 5.92 Å². The Kier molecular flexibility index (Phi) is 6.26. The molecule has 1 N–H and O–H groups in total. The van der Waals surface area contributed by atoms with Crippen LogP contribution in [0.25, 0.3) is 0 Å². The summed E-state index contributed by atoms with van der Waals surface area (Å²) in [7, 11) is 3.64. The third-order valence-electron chi connectivity index (χ3n) is 4.18. The van der Waals surface area contributed by atoms with E-state index in [0.717, 1.165) is 32.4 Å². The molecule has 1 fully saturated rings. The van der Waals surface area contributed by atoms with Crippen molar-refractivity contribution < 1.29 is 4.79 Å². The highest BCUT2D eigenvalue weighted by atomic mass is 32.1. The first kappa shape index (κ1) is 17.3. The third kappa shape index (κ3) is 4.71. The van der Waals surface area contributed by atoms with Crippen molar-refractivity contribution in [1.82, 2.24) is 15.1 Å². The molecule has 1 aliphatic rings. The lowest BCUT2D eigenvalue weighted by atomic mass is 9.98. The molecule has 0 saturated carbocycles. The molecule has 2 amide bonds. The van der Waals surface area contributed by atoms with Crippen LogP contribution in [0.2, 0.25) is 0 Å². The van der Waals surface area contributed by atoms with Crippen molar-refractivity contribution in [1.29, 1.82) is 0 Å². The van der Waals surface area contributed by atoms with Crippen LogP contribution in [0.1, 0.15) is 44.0 Å². The second-order valence-electron chi connectivity index (χ2n) is 6.80. The number of thiophene rings is 1. The van der Waals surface area contributed by atoms with Gasteiger partial charge in [-0.1, -0.05) is 19.9 Å². The molecule has 2 rings (SSSR count). The molecule has 0 aromatic carbocycles. The number of urea groups is 1. The van der Waals surface area contributed by atoms with Gasteiger partial charge in [0.1, 0.15) is 0 Å². The van der Waals surface area contributed by atoms with Gasteiger partial charge in [0, 0.05) is 44.1 Å². The van der Waals surface area contributed by atoms with E-state index in [9.17, 15) is 4.79 Å². The van der Waals surface area contributed by atoms with Crippen molar-refractivity contribution in [3.63, 3.8) is 0 Å².